The van der Waals surface area contributed by atoms with E-state index in [1.54, 1.807) is 35.1 Å². The highest BCUT2D eigenvalue weighted by molar-refractivity contribution is 9.10. The number of halogens is 1. The lowest BCUT2D eigenvalue weighted by Gasteiger charge is -2.16. The molecule has 26 heavy (non-hydrogen) atoms. The van der Waals surface area contributed by atoms with Crippen LogP contribution in [-0.4, -0.2) is 28.8 Å². The molecule has 0 spiro atoms. The summed E-state index contributed by atoms with van der Waals surface area (Å²) in [4.78, 5) is 24.6. The highest BCUT2D eigenvalue weighted by Gasteiger charge is 2.24. The van der Waals surface area contributed by atoms with Crippen LogP contribution in [-0.2, 0) is 9.53 Å². The number of amides is 1. The molecule has 132 valence electrons. The third-order valence-electron chi connectivity index (χ3n) is 3.78. The molecule has 0 aliphatic heterocycles. The highest BCUT2D eigenvalue weighted by atomic mass is 79.9. The second kappa shape index (κ2) is 7.97. The Morgan fingerprint density at radius 2 is 1.81 bits per heavy atom. The Hall–Kier alpha value is -2.93. The molecule has 1 amide bonds. The van der Waals surface area contributed by atoms with Gasteiger partial charge in [-0.05, 0) is 29.8 Å². The molecule has 1 N–H and O–H groups in total. The summed E-state index contributed by atoms with van der Waals surface area (Å²) >= 11 is 3.38. The maximum Gasteiger partial charge on any atom is 0.333 e. The average molecular weight is 414 g/mol. The van der Waals surface area contributed by atoms with Gasteiger partial charge in [0.25, 0.3) is 5.91 Å². The summed E-state index contributed by atoms with van der Waals surface area (Å²) in [6.45, 7) is 0. The van der Waals surface area contributed by atoms with Crippen molar-refractivity contribution in [3.8, 4) is 5.69 Å². The molecule has 0 radical (unpaired) electrons. The van der Waals surface area contributed by atoms with Gasteiger partial charge < -0.3 is 10.1 Å². The van der Waals surface area contributed by atoms with Crippen LogP contribution in [0.25, 0.3) is 5.69 Å². The van der Waals surface area contributed by atoms with Crippen LogP contribution in [0, 0.1) is 0 Å². The number of nitrogens with zero attached hydrogens (tertiary/aromatic N) is 2. The van der Waals surface area contributed by atoms with Crippen LogP contribution in [0.15, 0.2) is 71.5 Å². The van der Waals surface area contributed by atoms with Gasteiger partial charge in [0.15, 0.2) is 6.04 Å². The number of esters is 1. The lowest BCUT2D eigenvalue weighted by atomic mass is 10.1. The van der Waals surface area contributed by atoms with Crippen LogP contribution >= 0.6 is 15.9 Å². The molecular weight excluding hydrogens is 398 g/mol. The van der Waals surface area contributed by atoms with Crippen molar-refractivity contribution >= 4 is 27.8 Å². The molecule has 0 aliphatic carbocycles. The summed E-state index contributed by atoms with van der Waals surface area (Å²) in [6.07, 6.45) is 3.06. The van der Waals surface area contributed by atoms with Crippen LogP contribution in [0.4, 0.5) is 0 Å². The second-order valence-corrected chi connectivity index (χ2v) is 6.41. The van der Waals surface area contributed by atoms with Gasteiger partial charge in [0.1, 0.15) is 0 Å². The molecule has 0 saturated heterocycles. The van der Waals surface area contributed by atoms with Crippen molar-refractivity contribution in [1.82, 2.24) is 15.1 Å². The van der Waals surface area contributed by atoms with E-state index in [9.17, 15) is 9.59 Å². The third-order valence-corrected chi connectivity index (χ3v) is 4.31. The number of hydrogen-bond donors (Lipinski definition) is 1. The lowest BCUT2D eigenvalue weighted by molar-refractivity contribution is -0.143. The summed E-state index contributed by atoms with van der Waals surface area (Å²) in [7, 11) is 1.29. The highest BCUT2D eigenvalue weighted by Crippen LogP contribution is 2.17. The van der Waals surface area contributed by atoms with E-state index in [-0.39, 0.29) is 0 Å². The molecule has 0 bridgehead atoms. The number of methoxy groups -OCH3 is 1. The normalized spacial score (nSPS) is 11.6. The van der Waals surface area contributed by atoms with Gasteiger partial charge in [-0.2, -0.15) is 5.10 Å². The molecule has 7 heteroatoms. The van der Waals surface area contributed by atoms with Crippen LogP contribution in [0.3, 0.4) is 0 Å². The SMILES string of the molecule is COC(=O)C(NC(=O)c1cnn(-c2ccc(Br)cc2)c1)c1ccccc1. The Labute approximate surface area is 158 Å². The predicted octanol–water partition coefficient (Wildman–Crippen LogP) is 3.28. The van der Waals surface area contributed by atoms with E-state index in [1.165, 1.54) is 13.3 Å². The van der Waals surface area contributed by atoms with Gasteiger partial charge in [-0.3, -0.25) is 4.79 Å². The van der Waals surface area contributed by atoms with Crippen LogP contribution in [0.2, 0.25) is 0 Å². The molecule has 1 heterocycles. The molecule has 0 fully saturated rings. The molecule has 1 atom stereocenters. The van der Waals surface area contributed by atoms with E-state index < -0.39 is 17.9 Å². The van der Waals surface area contributed by atoms with Crippen LogP contribution < -0.4 is 5.32 Å². The molecule has 6 nitrogen and oxygen atoms in total. The van der Waals surface area contributed by atoms with E-state index in [1.807, 2.05) is 30.3 Å². The van der Waals surface area contributed by atoms with Gasteiger partial charge in [0.05, 0.1) is 24.6 Å². The smallest absolute Gasteiger partial charge is 0.333 e. The number of nitrogens with one attached hydrogen (secondary N) is 1. The summed E-state index contributed by atoms with van der Waals surface area (Å²) in [5, 5.41) is 6.91. The topological polar surface area (TPSA) is 73.2 Å². The standard InChI is InChI=1S/C19H16BrN3O3/c1-26-19(25)17(13-5-3-2-4-6-13)22-18(24)14-11-21-23(12-14)16-9-7-15(20)8-10-16/h2-12,17H,1H3,(H,22,24). The monoisotopic (exact) mass is 413 g/mol. The molecule has 3 aromatic rings. The Balaban J connectivity index is 1.80. The Morgan fingerprint density at radius 3 is 2.46 bits per heavy atom. The lowest BCUT2D eigenvalue weighted by Crippen LogP contribution is -2.34. The van der Waals surface area contributed by atoms with Crippen molar-refractivity contribution in [2.24, 2.45) is 0 Å². The zero-order valence-corrected chi connectivity index (χ0v) is 15.5. The number of benzene rings is 2. The molecule has 1 unspecified atom stereocenters. The molecule has 0 saturated carbocycles. The Kier molecular flexibility index (Phi) is 5.48. The van der Waals surface area contributed by atoms with E-state index in [2.05, 4.69) is 26.3 Å². The van der Waals surface area contributed by atoms with Crippen molar-refractivity contribution in [3.05, 3.63) is 82.6 Å². The van der Waals surface area contributed by atoms with E-state index in [4.69, 9.17) is 4.74 Å². The number of ether oxygens (including phenoxy) is 1. The minimum atomic E-state index is -0.885. The number of rotatable bonds is 5. The van der Waals surface area contributed by atoms with E-state index >= 15 is 0 Å². The predicted molar refractivity (Wildman–Crippen MR) is 99.9 cm³/mol. The second-order valence-electron chi connectivity index (χ2n) is 5.49. The average Bonchev–Trinajstić information content (AvgIpc) is 3.17. The van der Waals surface area contributed by atoms with Crippen molar-refractivity contribution in [1.29, 1.82) is 0 Å². The van der Waals surface area contributed by atoms with Gasteiger partial charge in [-0.1, -0.05) is 46.3 Å². The first kappa shape index (κ1) is 17.9. The first-order chi connectivity index (χ1) is 12.6. The summed E-state index contributed by atoms with van der Waals surface area (Å²) < 4.78 is 7.36. The zero-order chi connectivity index (χ0) is 18.5. The summed E-state index contributed by atoms with van der Waals surface area (Å²) in [5.41, 5.74) is 1.81. The number of aromatic nitrogens is 2. The third kappa shape index (κ3) is 4.00. The van der Waals surface area contributed by atoms with Gasteiger partial charge in [-0.15, -0.1) is 0 Å². The van der Waals surface area contributed by atoms with Crippen molar-refractivity contribution in [2.75, 3.05) is 7.11 Å². The molecular formula is C19H16BrN3O3. The maximum absolute atomic E-state index is 12.6. The van der Waals surface area contributed by atoms with Gasteiger partial charge in [-0.25, -0.2) is 9.48 Å². The van der Waals surface area contributed by atoms with Crippen LogP contribution in [0.5, 0.6) is 0 Å². The fourth-order valence-corrected chi connectivity index (χ4v) is 2.70. The first-order valence-corrected chi connectivity index (χ1v) is 8.62. The number of carbonyl (C=O) groups is 2. The van der Waals surface area contributed by atoms with Crippen molar-refractivity contribution < 1.29 is 14.3 Å². The fourth-order valence-electron chi connectivity index (χ4n) is 2.43. The van der Waals surface area contributed by atoms with E-state index in [0.29, 0.717) is 11.1 Å². The van der Waals surface area contributed by atoms with E-state index in [0.717, 1.165) is 10.2 Å². The van der Waals surface area contributed by atoms with Crippen LogP contribution in [0.1, 0.15) is 22.0 Å². The molecule has 0 aliphatic rings. The molecule has 2 aromatic carbocycles. The fraction of sp³-hybridized carbons (Fsp3) is 0.105. The largest absolute Gasteiger partial charge is 0.467 e. The van der Waals surface area contributed by atoms with Gasteiger partial charge >= 0.3 is 5.97 Å². The number of hydrogen-bond acceptors (Lipinski definition) is 4. The summed E-state index contributed by atoms with van der Waals surface area (Å²) in [6, 6.07) is 15.6. The Morgan fingerprint density at radius 1 is 1.12 bits per heavy atom. The quantitative estimate of drug-likeness (QED) is 0.651. The molecule has 3 rings (SSSR count). The van der Waals surface area contributed by atoms with Crippen molar-refractivity contribution in [3.63, 3.8) is 0 Å². The Bertz CT molecular complexity index is 907. The van der Waals surface area contributed by atoms with Crippen molar-refractivity contribution in [2.45, 2.75) is 6.04 Å². The first-order valence-electron chi connectivity index (χ1n) is 7.83. The minimum absolute atomic E-state index is 0.345. The summed E-state index contributed by atoms with van der Waals surface area (Å²) in [5.74, 6) is -0.947. The molecule has 1 aromatic heterocycles. The van der Waals surface area contributed by atoms with Gasteiger partial charge in [0, 0.05) is 10.7 Å². The van der Waals surface area contributed by atoms with Gasteiger partial charge in [0.2, 0.25) is 0 Å². The minimum Gasteiger partial charge on any atom is -0.467 e. The number of carbonyl (C=O) groups excluding carboxylic acids is 2. The maximum atomic E-state index is 12.6. The zero-order valence-electron chi connectivity index (χ0n) is 13.9.